The lowest BCUT2D eigenvalue weighted by Gasteiger charge is -2.33. The van der Waals surface area contributed by atoms with E-state index in [1.54, 1.807) is 0 Å². The molecule has 0 unspecified atom stereocenters. The molecular formula is C12H17IO3. The zero-order chi connectivity index (χ0) is 11.2. The van der Waals surface area contributed by atoms with Crippen LogP contribution in [0.25, 0.3) is 0 Å². The van der Waals surface area contributed by atoms with E-state index in [9.17, 15) is 5.11 Å². The molecule has 4 fully saturated rings. The molecule has 0 aromatic rings. The van der Waals surface area contributed by atoms with Gasteiger partial charge in [0.25, 0.3) is 0 Å². The van der Waals surface area contributed by atoms with Gasteiger partial charge in [0, 0.05) is 21.7 Å². The Labute approximate surface area is 109 Å². The highest BCUT2D eigenvalue weighted by molar-refractivity contribution is 14.1. The largest absolute Gasteiger partial charge is 0.368 e. The molecule has 4 aliphatic rings. The predicted molar refractivity (Wildman–Crippen MR) is 65.9 cm³/mol. The van der Waals surface area contributed by atoms with Crippen LogP contribution in [-0.4, -0.2) is 27.2 Å². The standard InChI is InChI=1S/C12H17IO3/c1-4(2)12-8-6-3-5(7(8)11(14)16-12)9(13)10(6)15-12/h4-11,14H,3H2,1-2H3/t5-,6+,7-,8+,9-,10-,11-,12-/m0/s1. The van der Waals surface area contributed by atoms with E-state index in [0.29, 0.717) is 39.6 Å². The number of aliphatic hydroxyl groups excluding tert-OH is 1. The minimum atomic E-state index is -0.596. The van der Waals surface area contributed by atoms with Gasteiger partial charge in [0.15, 0.2) is 12.1 Å². The molecule has 0 aromatic heterocycles. The van der Waals surface area contributed by atoms with E-state index in [1.807, 2.05) is 0 Å². The minimum absolute atomic E-state index is 0.324. The molecule has 3 nitrogen and oxygen atoms in total. The van der Waals surface area contributed by atoms with Gasteiger partial charge in [-0.2, -0.15) is 0 Å². The normalized spacial score (nSPS) is 66.2. The third-order valence-corrected chi connectivity index (χ3v) is 6.92. The lowest BCUT2D eigenvalue weighted by atomic mass is 9.75. The number of alkyl halides is 1. The number of ether oxygens (including phenoxy) is 2. The van der Waals surface area contributed by atoms with E-state index in [4.69, 9.17) is 9.47 Å². The van der Waals surface area contributed by atoms with Crippen molar-refractivity contribution >= 4 is 22.6 Å². The second-order valence-electron chi connectivity index (χ2n) is 6.08. The monoisotopic (exact) mass is 336 g/mol. The SMILES string of the molecule is CC(C)[C@@]12O[C@@H]3[C@@H](I)[C@H]4C[C@@H]3[C@@H]1[C@H]4[C@@H](O)O2. The van der Waals surface area contributed by atoms with Crippen molar-refractivity contribution in [2.24, 2.45) is 29.6 Å². The van der Waals surface area contributed by atoms with Gasteiger partial charge in [0.1, 0.15) is 0 Å². The molecule has 2 saturated carbocycles. The molecule has 0 spiro atoms. The van der Waals surface area contributed by atoms with Gasteiger partial charge in [-0.1, -0.05) is 36.4 Å². The van der Waals surface area contributed by atoms with Gasteiger partial charge in [0.2, 0.25) is 0 Å². The summed E-state index contributed by atoms with van der Waals surface area (Å²) in [5, 5.41) is 10.1. The Balaban J connectivity index is 1.85. The third-order valence-electron chi connectivity index (χ3n) is 5.28. The first-order chi connectivity index (χ1) is 7.56. The highest BCUT2D eigenvalue weighted by atomic mass is 127. The molecule has 0 radical (unpaired) electrons. The molecule has 2 heterocycles. The van der Waals surface area contributed by atoms with Crippen molar-refractivity contribution in [2.45, 2.75) is 42.4 Å². The van der Waals surface area contributed by atoms with E-state index in [0.717, 1.165) is 0 Å². The minimum Gasteiger partial charge on any atom is -0.368 e. The van der Waals surface area contributed by atoms with Gasteiger partial charge in [-0.05, 0) is 18.3 Å². The maximum absolute atomic E-state index is 10.1. The van der Waals surface area contributed by atoms with E-state index < -0.39 is 12.1 Å². The first-order valence-electron chi connectivity index (χ1n) is 6.24. The molecule has 16 heavy (non-hydrogen) atoms. The molecule has 2 aliphatic carbocycles. The summed E-state index contributed by atoms with van der Waals surface area (Å²) in [6, 6.07) is 0. The maximum atomic E-state index is 10.1. The van der Waals surface area contributed by atoms with Crippen molar-refractivity contribution in [3.63, 3.8) is 0 Å². The second-order valence-corrected chi connectivity index (χ2v) is 7.52. The van der Waals surface area contributed by atoms with Crippen molar-refractivity contribution in [1.82, 2.24) is 0 Å². The summed E-state index contributed by atoms with van der Waals surface area (Å²) in [6.45, 7) is 4.30. The van der Waals surface area contributed by atoms with Crippen LogP contribution in [0.3, 0.4) is 0 Å². The molecule has 4 rings (SSSR count). The Morgan fingerprint density at radius 1 is 1.31 bits per heavy atom. The maximum Gasteiger partial charge on any atom is 0.177 e. The van der Waals surface area contributed by atoms with Crippen LogP contribution < -0.4 is 0 Å². The second kappa shape index (κ2) is 2.95. The van der Waals surface area contributed by atoms with Crippen molar-refractivity contribution in [3.05, 3.63) is 0 Å². The molecule has 2 saturated heterocycles. The number of hydrogen-bond donors (Lipinski definition) is 1. The quantitative estimate of drug-likeness (QED) is 0.586. The Kier molecular flexibility index (Phi) is 1.94. The lowest BCUT2D eigenvalue weighted by molar-refractivity contribution is -0.289. The van der Waals surface area contributed by atoms with E-state index in [1.165, 1.54) is 6.42 Å². The van der Waals surface area contributed by atoms with Gasteiger partial charge in [-0.25, -0.2) is 0 Å². The topological polar surface area (TPSA) is 38.7 Å². The van der Waals surface area contributed by atoms with Crippen molar-refractivity contribution in [3.8, 4) is 0 Å². The van der Waals surface area contributed by atoms with Crippen LogP contribution in [0.5, 0.6) is 0 Å². The number of aliphatic hydroxyl groups is 1. The van der Waals surface area contributed by atoms with Gasteiger partial charge >= 0.3 is 0 Å². The molecule has 2 bridgehead atoms. The van der Waals surface area contributed by atoms with Gasteiger partial charge in [0.05, 0.1) is 6.10 Å². The van der Waals surface area contributed by atoms with Crippen molar-refractivity contribution in [1.29, 1.82) is 0 Å². The van der Waals surface area contributed by atoms with E-state index >= 15 is 0 Å². The first kappa shape index (κ1) is 10.5. The summed E-state index contributed by atoms with van der Waals surface area (Å²) in [6.07, 6.45) is 1.02. The van der Waals surface area contributed by atoms with Crippen LogP contribution in [-0.2, 0) is 9.47 Å². The number of halogens is 1. The molecule has 4 heteroatoms. The molecule has 0 aromatic carbocycles. The fourth-order valence-electron chi connectivity index (χ4n) is 4.76. The van der Waals surface area contributed by atoms with Gasteiger partial charge < -0.3 is 14.6 Å². The Morgan fingerprint density at radius 2 is 2.06 bits per heavy atom. The molecule has 90 valence electrons. The summed E-state index contributed by atoms with van der Waals surface area (Å²) >= 11 is 2.52. The Morgan fingerprint density at radius 3 is 2.75 bits per heavy atom. The third kappa shape index (κ3) is 0.907. The fraction of sp³-hybridized carbons (Fsp3) is 1.00. The van der Waals surface area contributed by atoms with Crippen LogP contribution in [0.2, 0.25) is 0 Å². The fourth-order valence-corrected chi connectivity index (χ4v) is 6.21. The first-order valence-corrected chi connectivity index (χ1v) is 7.48. The zero-order valence-electron chi connectivity index (χ0n) is 9.47. The van der Waals surface area contributed by atoms with Gasteiger partial charge in [-0.15, -0.1) is 0 Å². The lowest BCUT2D eigenvalue weighted by Crippen LogP contribution is -2.41. The van der Waals surface area contributed by atoms with E-state index in [-0.39, 0.29) is 0 Å². The highest BCUT2D eigenvalue weighted by Crippen LogP contribution is 2.70. The molecule has 0 amide bonds. The number of fused-ring (bicyclic) bond motifs is 2. The number of hydrogen-bond acceptors (Lipinski definition) is 3. The van der Waals surface area contributed by atoms with Crippen LogP contribution >= 0.6 is 22.6 Å². The molecule has 2 aliphatic heterocycles. The summed E-state index contributed by atoms with van der Waals surface area (Å²) in [5.41, 5.74) is 0. The molecule has 8 atom stereocenters. The van der Waals surface area contributed by atoms with Crippen LogP contribution in [0.4, 0.5) is 0 Å². The smallest absolute Gasteiger partial charge is 0.177 e. The average molecular weight is 336 g/mol. The number of rotatable bonds is 1. The van der Waals surface area contributed by atoms with Crippen LogP contribution in [0.1, 0.15) is 20.3 Å². The predicted octanol–water partition coefficient (Wildman–Crippen LogP) is 1.77. The molecule has 1 N–H and O–H groups in total. The van der Waals surface area contributed by atoms with E-state index in [2.05, 4.69) is 36.4 Å². The zero-order valence-corrected chi connectivity index (χ0v) is 11.6. The van der Waals surface area contributed by atoms with Crippen LogP contribution in [0.15, 0.2) is 0 Å². The van der Waals surface area contributed by atoms with Gasteiger partial charge in [-0.3, -0.25) is 0 Å². The summed E-state index contributed by atoms with van der Waals surface area (Å²) < 4.78 is 12.7. The summed E-state index contributed by atoms with van der Waals surface area (Å²) in [4.78, 5) is 0. The highest BCUT2D eigenvalue weighted by Gasteiger charge is 2.76. The van der Waals surface area contributed by atoms with Crippen molar-refractivity contribution in [2.75, 3.05) is 0 Å². The van der Waals surface area contributed by atoms with Crippen LogP contribution in [0, 0.1) is 29.6 Å². The Hall–Kier alpha value is 0.610. The van der Waals surface area contributed by atoms with Crippen molar-refractivity contribution < 1.29 is 14.6 Å². The summed E-state index contributed by atoms with van der Waals surface area (Å²) in [7, 11) is 0. The average Bonchev–Trinajstić information content (AvgIpc) is 2.83. The summed E-state index contributed by atoms with van der Waals surface area (Å²) in [5.74, 6) is 1.87. The Bertz CT molecular complexity index is 347. The molecular weight excluding hydrogens is 319 g/mol.